The van der Waals surface area contributed by atoms with E-state index < -0.39 is 29.1 Å². The second kappa shape index (κ2) is 10.1. The van der Waals surface area contributed by atoms with E-state index in [4.69, 9.17) is 15.2 Å². The van der Waals surface area contributed by atoms with Crippen LogP contribution in [0.3, 0.4) is 0 Å². The summed E-state index contributed by atoms with van der Waals surface area (Å²) in [4.78, 5) is 28.3. The van der Waals surface area contributed by atoms with E-state index in [-0.39, 0.29) is 5.70 Å². The van der Waals surface area contributed by atoms with Crippen LogP contribution in [-0.2, 0) is 26.1 Å². The average molecular weight is 525 g/mol. The quantitative estimate of drug-likeness (QED) is 0.203. The Morgan fingerprint density at radius 3 is 2.39 bits per heavy atom. The third kappa shape index (κ3) is 4.30. The number of methoxy groups -OCH3 is 1. The van der Waals surface area contributed by atoms with Crippen LogP contribution >= 0.6 is 23.5 Å². The molecular formula is C24H24N6O4S2. The molecule has 36 heavy (non-hydrogen) atoms. The molecular weight excluding hydrogens is 500 g/mol. The molecule has 10 nitrogen and oxygen atoms in total. The van der Waals surface area contributed by atoms with E-state index in [2.05, 4.69) is 15.5 Å². The fraction of sp³-hybridized carbons (Fsp3) is 0.292. The van der Waals surface area contributed by atoms with E-state index in [0.29, 0.717) is 16.7 Å². The summed E-state index contributed by atoms with van der Waals surface area (Å²) in [6.45, 7) is 0. The highest BCUT2D eigenvalue weighted by Gasteiger charge is 2.63. The lowest BCUT2D eigenvalue weighted by Gasteiger charge is -2.54. The Hall–Kier alpha value is -3.19. The van der Waals surface area contributed by atoms with Gasteiger partial charge in [-0.05, 0) is 27.1 Å². The second-order valence-electron chi connectivity index (χ2n) is 8.27. The molecule has 1 amide bonds. The lowest BCUT2D eigenvalue weighted by atomic mass is 9.99. The second-order valence-corrected chi connectivity index (χ2v) is 10.3. The topological polar surface area (TPSA) is 125 Å². The summed E-state index contributed by atoms with van der Waals surface area (Å²) in [7, 11) is 3.13. The smallest absolute Gasteiger partial charge is 0.356 e. The van der Waals surface area contributed by atoms with Crippen molar-refractivity contribution in [3.63, 3.8) is 0 Å². The highest BCUT2D eigenvalue weighted by atomic mass is 32.2. The fourth-order valence-electron chi connectivity index (χ4n) is 4.14. The number of aryl methyl sites for hydroxylation is 1. The van der Waals surface area contributed by atoms with Gasteiger partial charge in [-0.2, -0.15) is 0 Å². The first-order valence-electron chi connectivity index (χ1n) is 11.1. The van der Waals surface area contributed by atoms with Crippen molar-refractivity contribution in [3.05, 3.63) is 83.1 Å². The zero-order chi connectivity index (χ0) is 25.3. The van der Waals surface area contributed by atoms with Crippen molar-refractivity contribution in [2.24, 2.45) is 12.8 Å². The molecule has 2 aliphatic heterocycles. The minimum absolute atomic E-state index is 0.196. The predicted octanol–water partition coefficient (Wildman–Crippen LogP) is 2.11. The van der Waals surface area contributed by atoms with Crippen LogP contribution in [0.25, 0.3) is 0 Å². The molecule has 2 atom stereocenters. The Labute approximate surface area is 216 Å². The van der Waals surface area contributed by atoms with Crippen molar-refractivity contribution < 1.29 is 19.1 Å². The molecule has 12 heteroatoms. The largest absolute Gasteiger partial charge is 0.448 e. The molecule has 1 fully saturated rings. The number of fused-ring (bicyclic) bond motifs is 1. The van der Waals surface area contributed by atoms with Crippen LogP contribution < -0.4 is 5.73 Å². The Balaban J connectivity index is 1.50. The zero-order valence-corrected chi connectivity index (χ0v) is 21.2. The fourth-order valence-corrected chi connectivity index (χ4v) is 6.53. The average Bonchev–Trinajstić information content (AvgIpc) is 3.34. The number of ether oxygens (including phenoxy) is 2. The molecule has 0 saturated carbocycles. The Kier molecular flexibility index (Phi) is 6.84. The number of β-lactam (4-membered cyclic amide) rings is 1. The normalized spacial score (nSPS) is 21.4. The van der Waals surface area contributed by atoms with E-state index in [1.165, 1.54) is 35.5 Å². The van der Waals surface area contributed by atoms with Crippen molar-refractivity contribution in [1.82, 2.24) is 25.1 Å². The van der Waals surface area contributed by atoms with Gasteiger partial charge in [0.15, 0.2) is 6.10 Å². The van der Waals surface area contributed by atoms with E-state index in [0.717, 1.165) is 16.7 Å². The van der Waals surface area contributed by atoms with E-state index in [9.17, 15) is 9.59 Å². The molecule has 1 saturated heterocycles. The maximum absolute atomic E-state index is 13.8. The maximum Gasteiger partial charge on any atom is 0.356 e. The number of nitrogens with zero attached hydrogens (tertiary/aromatic N) is 5. The Morgan fingerprint density at radius 2 is 1.83 bits per heavy atom. The van der Waals surface area contributed by atoms with Gasteiger partial charge >= 0.3 is 5.97 Å². The lowest BCUT2D eigenvalue weighted by molar-refractivity contribution is -0.183. The van der Waals surface area contributed by atoms with Gasteiger partial charge in [0.1, 0.15) is 11.1 Å². The van der Waals surface area contributed by atoms with Gasteiger partial charge in [0, 0.05) is 25.7 Å². The van der Waals surface area contributed by atoms with Crippen LogP contribution in [0.5, 0.6) is 0 Å². The van der Waals surface area contributed by atoms with Crippen LogP contribution in [0.4, 0.5) is 0 Å². The number of thioether (sulfide) groups is 2. The number of hydrogen-bond donors (Lipinski definition) is 1. The number of hydrogen-bond acceptors (Lipinski definition) is 10. The molecule has 2 N–H and O–H groups in total. The third-order valence-electron chi connectivity index (χ3n) is 6.06. The summed E-state index contributed by atoms with van der Waals surface area (Å²) in [6, 6.07) is 19.0. The molecule has 2 unspecified atom stereocenters. The van der Waals surface area contributed by atoms with Gasteiger partial charge in [-0.3, -0.25) is 15.4 Å². The summed E-state index contributed by atoms with van der Waals surface area (Å²) in [5, 5.41) is 11.6. The van der Waals surface area contributed by atoms with Crippen molar-refractivity contribution in [2.75, 3.05) is 18.6 Å². The highest BCUT2D eigenvalue weighted by Crippen LogP contribution is 2.46. The lowest BCUT2D eigenvalue weighted by Crippen LogP contribution is -2.78. The van der Waals surface area contributed by atoms with Crippen LogP contribution in [-0.4, -0.2) is 66.7 Å². The third-order valence-corrected chi connectivity index (χ3v) is 8.55. The first-order valence-corrected chi connectivity index (χ1v) is 13.1. The molecule has 0 bridgehead atoms. The van der Waals surface area contributed by atoms with Crippen LogP contribution in [0, 0.1) is 0 Å². The van der Waals surface area contributed by atoms with Crippen molar-refractivity contribution in [3.8, 4) is 0 Å². The number of tetrazole rings is 1. The molecule has 0 spiro atoms. The van der Waals surface area contributed by atoms with Crippen molar-refractivity contribution in [2.45, 2.75) is 22.4 Å². The molecule has 5 rings (SSSR count). The van der Waals surface area contributed by atoms with Gasteiger partial charge in [-0.1, -0.05) is 72.4 Å². The number of esters is 1. The van der Waals surface area contributed by atoms with Crippen LogP contribution in [0.15, 0.2) is 77.1 Å². The monoisotopic (exact) mass is 524 g/mol. The van der Waals surface area contributed by atoms with Crippen LogP contribution in [0.2, 0.25) is 0 Å². The van der Waals surface area contributed by atoms with Crippen LogP contribution in [0.1, 0.15) is 17.2 Å². The molecule has 3 heterocycles. The number of aromatic nitrogens is 4. The summed E-state index contributed by atoms with van der Waals surface area (Å²) < 4.78 is 13.0. The van der Waals surface area contributed by atoms with E-state index >= 15 is 0 Å². The molecule has 0 radical (unpaired) electrons. The van der Waals surface area contributed by atoms with E-state index in [1.807, 2.05) is 60.7 Å². The first-order chi connectivity index (χ1) is 17.4. The van der Waals surface area contributed by atoms with Gasteiger partial charge in [0.2, 0.25) is 10.9 Å². The zero-order valence-electron chi connectivity index (χ0n) is 19.6. The van der Waals surface area contributed by atoms with Gasteiger partial charge in [0.25, 0.3) is 5.91 Å². The molecule has 1 aromatic heterocycles. The van der Waals surface area contributed by atoms with Gasteiger partial charge in [-0.15, -0.1) is 16.9 Å². The van der Waals surface area contributed by atoms with Crippen molar-refractivity contribution in [1.29, 1.82) is 0 Å². The number of amides is 1. The molecule has 3 aromatic rings. The number of benzene rings is 2. The number of carbonyl (C=O) groups is 2. The number of carbonyl (C=O) groups excluding carboxylic acids is 2. The standard InChI is InChI=1S/C24H24N6O4S2/c1-29-23(26-27-28-29)36-14-17-13-35-22-24(25,33-2)21(32)30(22)18(17)20(31)34-19(15-9-5-3-6-10-15)16-11-7-4-8-12-16/h3-12,19,22H,13-14,25H2,1-2H3. The SMILES string of the molecule is COC1(N)C(=O)N2C(C(=O)OC(c3ccccc3)c3ccccc3)=C(CSc3nnnn3C)CSC21. The van der Waals surface area contributed by atoms with Gasteiger partial charge in [0.05, 0.1) is 0 Å². The molecule has 186 valence electrons. The number of nitrogens with two attached hydrogens (primary N) is 1. The summed E-state index contributed by atoms with van der Waals surface area (Å²) in [5.41, 5.74) is 7.31. The minimum Gasteiger partial charge on any atom is -0.448 e. The summed E-state index contributed by atoms with van der Waals surface area (Å²) >= 11 is 2.82. The molecule has 0 aliphatic carbocycles. The maximum atomic E-state index is 13.8. The Bertz CT molecular complexity index is 1260. The Morgan fingerprint density at radius 1 is 1.19 bits per heavy atom. The van der Waals surface area contributed by atoms with E-state index in [1.54, 1.807) is 11.7 Å². The first kappa shape index (κ1) is 24.5. The highest BCUT2D eigenvalue weighted by molar-refractivity contribution is 8.01. The minimum atomic E-state index is -1.49. The molecule has 2 aliphatic rings. The number of rotatable bonds is 8. The van der Waals surface area contributed by atoms with Gasteiger partial charge in [-0.25, -0.2) is 9.48 Å². The molecule has 2 aromatic carbocycles. The summed E-state index contributed by atoms with van der Waals surface area (Å²) in [5.74, 6) is -0.210. The predicted molar refractivity (Wildman–Crippen MR) is 134 cm³/mol. The summed E-state index contributed by atoms with van der Waals surface area (Å²) in [6.07, 6.45) is -0.654. The van der Waals surface area contributed by atoms with Crippen molar-refractivity contribution >= 4 is 35.4 Å². The van der Waals surface area contributed by atoms with Gasteiger partial charge < -0.3 is 9.47 Å².